The van der Waals surface area contributed by atoms with Gasteiger partial charge in [0.1, 0.15) is 0 Å². The summed E-state index contributed by atoms with van der Waals surface area (Å²) >= 11 is 0. The summed E-state index contributed by atoms with van der Waals surface area (Å²) in [4.78, 5) is 0. The van der Waals surface area contributed by atoms with Crippen molar-refractivity contribution in [2.75, 3.05) is 0 Å². The Hall–Kier alpha value is -2.55. The molecule has 0 heterocycles. The molecule has 35 heavy (non-hydrogen) atoms. The maximum absolute atomic E-state index is 12.5. The number of benzene rings is 3. The summed E-state index contributed by atoms with van der Waals surface area (Å²) in [6, 6.07) is 28.7. The minimum atomic E-state index is -4.20. The van der Waals surface area contributed by atoms with E-state index in [0.29, 0.717) is 16.4 Å². The highest BCUT2D eigenvalue weighted by atomic mass is 19.4. The number of rotatable bonds is 2. The fourth-order valence-electron chi connectivity index (χ4n) is 2.28. The predicted molar refractivity (Wildman–Crippen MR) is 148 cm³/mol. The fraction of sp³-hybridized carbons (Fsp3) is 0.438. The van der Waals surface area contributed by atoms with Gasteiger partial charge in [0.15, 0.2) is 0 Å². The third-order valence-electron chi connectivity index (χ3n) is 4.09. The van der Waals surface area contributed by atoms with Crippen LogP contribution in [-0.4, -0.2) is 6.18 Å². The lowest BCUT2D eigenvalue weighted by atomic mass is 9.84. The van der Waals surface area contributed by atoms with Crippen molar-refractivity contribution in [2.24, 2.45) is 10.8 Å². The second kappa shape index (κ2) is 14.1. The highest BCUT2D eigenvalue weighted by molar-refractivity contribution is 5.62. The van der Waals surface area contributed by atoms with Crippen molar-refractivity contribution < 1.29 is 13.2 Å². The molecule has 3 aromatic rings. The van der Waals surface area contributed by atoms with E-state index in [4.69, 9.17) is 0 Å². The van der Waals surface area contributed by atoms with Crippen molar-refractivity contribution >= 4 is 0 Å². The summed E-state index contributed by atoms with van der Waals surface area (Å²) in [6.45, 7) is 19.9. The Balaban J connectivity index is 0.000000484. The molecule has 0 saturated carbocycles. The molecule has 3 rings (SSSR count). The zero-order chi connectivity index (χ0) is 27.3. The largest absolute Gasteiger partial charge is 0.397 e. The topological polar surface area (TPSA) is 0 Å². The van der Waals surface area contributed by atoms with Crippen molar-refractivity contribution in [3.63, 3.8) is 0 Å². The highest BCUT2D eigenvalue weighted by Crippen LogP contribution is 2.40. The van der Waals surface area contributed by atoms with E-state index in [0.717, 1.165) is 0 Å². The standard InChI is InChI=1S/C12H10.C10H11F3.2C5H12/c1-3-7-11(8-4-1)12-9-5-2-6-10-12;1-9(2,10(11,12)13)8-6-4-3-5-7-8;2*1-5(2,3)4/h1-10H;3-7H,1-2H3;2*1-4H3. The monoisotopic (exact) mass is 486 g/mol. The van der Waals surface area contributed by atoms with Gasteiger partial charge in [-0.2, -0.15) is 13.2 Å². The number of alkyl halides is 3. The van der Waals surface area contributed by atoms with Crippen LogP contribution in [0.3, 0.4) is 0 Å². The highest BCUT2D eigenvalue weighted by Gasteiger charge is 2.48. The van der Waals surface area contributed by atoms with Crippen LogP contribution < -0.4 is 0 Å². The molecule has 3 aromatic carbocycles. The molecule has 0 aliphatic rings. The van der Waals surface area contributed by atoms with E-state index in [1.165, 1.54) is 37.1 Å². The van der Waals surface area contributed by atoms with E-state index in [1.54, 1.807) is 18.2 Å². The molecule has 3 heteroatoms. The van der Waals surface area contributed by atoms with Crippen LogP contribution in [0.2, 0.25) is 0 Å². The van der Waals surface area contributed by atoms with Gasteiger partial charge in [-0.15, -0.1) is 0 Å². The van der Waals surface area contributed by atoms with Gasteiger partial charge in [0.2, 0.25) is 0 Å². The first kappa shape index (κ1) is 32.5. The van der Waals surface area contributed by atoms with Gasteiger partial charge in [-0.05, 0) is 41.4 Å². The molecule has 0 saturated heterocycles. The quantitative estimate of drug-likeness (QED) is 0.338. The van der Waals surface area contributed by atoms with Crippen molar-refractivity contribution in [3.05, 3.63) is 96.6 Å². The SMILES string of the molecule is CC(C)(C)C.CC(C)(C)C.CC(C)(c1ccccc1)C(F)(F)F.c1ccc(-c2ccccc2)cc1. The van der Waals surface area contributed by atoms with Crippen molar-refractivity contribution in [2.45, 2.75) is 80.8 Å². The van der Waals surface area contributed by atoms with Crippen molar-refractivity contribution in [1.82, 2.24) is 0 Å². The van der Waals surface area contributed by atoms with Gasteiger partial charge in [0.05, 0.1) is 5.41 Å². The summed E-state index contributed by atoms with van der Waals surface area (Å²) in [5.74, 6) is 0. The van der Waals surface area contributed by atoms with E-state index in [9.17, 15) is 13.2 Å². The minimum absolute atomic E-state index is 0.294. The molecule has 0 atom stereocenters. The zero-order valence-corrected chi connectivity index (χ0v) is 23.3. The third kappa shape index (κ3) is 16.7. The summed E-state index contributed by atoms with van der Waals surface area (Å²) in [5, 5.41) is 0. The Labute approximate surface area is 212 Å². The van der Waals surface area contributed by atoms with Crippen LogP contribution in [0.25, 0.3) is 11.1 Å². The molecule has 0 aliphatic carbocycles. The first-order chi connectivity index (χ1) is 15.8. The van der Waals surface area contributed by atoms with Gasteiger partial charge < -0.3 is 0 Å². The molecule has 0 radical (unpaired) electrons. The average molecular weight is 487 g/mol. The molecule has 194 valence electrons. The van der Waals surface area contributed by atoms with E-state index in [1.807, 2.05) is 12.1 Å². The van der Waals surface area contributed by atoms with E-state index in [-0.39, 0.29) is 0 Å². The Bertz CT molecular complexity index is 850. The molecule has 0 spiro atoms. The summed E-state index contributed by atoms with van der Waals surface area (Å²) in [5.41, 5.74) is 2.08. The Kier molecular flexibility index (Phi) is 13.1. The van der Waals surface area contributed by atoms with Gasteiger partial charge >= 0.3 is 6.18 Å². The van der Waals surface area contributed by atoms with Crippen LogP contribution in [0.1, 0.15) is 74.8 Å². The molecule has 0 unspecified atom stereocenters. The maximum Gasteiger partial charge on any atom is 0.397 e. The minimum Gasteiger partial charge on any atom is -0.170 e. The normalized spacial score (nSPS) is 11.6. The Morgan fingerprint density at radius 1 is 0.400 bits per heavy atom. The predicted octanol–water partition coefficient (Wildman–Crippen LogP) is 11.0. The molecule has 0 aliphatic heterocycles. The first-order valence-corrected chi connectivity index (χ1v) is 12.0. The summed E-state index contributed by atoms with van der Waals surface area (Å²) in [7, 11) is 0. The van der Waals surface area contributed by atoms with Crippen LogP contribution >= 0.6 is 0 Å². The van der Waals surface area contributed by atoms with Gasteiger partial charge in [-0.1, -0.05) is 146 Å². The molecule has 0 amide bonds. The number of hydrogen-bond donors (Lipinski definition) is 0. The lowest BCUT2D eigenvalue weighted by Gasteiger charge is -2.28. The zero-order valence-electron chi connectivity index (χ0n) is 23.3. The first-order valence-electron chi connectivity index (χ1n) is 12.0. The van der Waals surface area contributed by atoms with Crippen LogP contribution in [-0.2, 0) is 5.41 Å². The second-order valence-corrected chi connectivity index (χ2v) is 12.2. The van der Waals surface area contributed by atoms with E-state index < -0.39 is 11.6 Å². The van der Waals surface area contributed by atoms with Crippen LogP contribution in [0.5, 0.6) is 0 Å². The van der Waals surface area contributed by atoms with Crippen molar-refractivity contribution in [3.8, 4) is 11.1 Å². The van der Waals surface area contributed by atoms with Crippen LogP contribution in [0.4, 0.5) is 13.2 Å². The number of hydrogen-bond acceptors (Lipinski definition) is 0. The Morgan fingerprint density at radius 3 is 0.857 bits per heavy atom. The smallest absolute Gasteiger partial charge is 0.170 e. The van der Waals surface area contributed by atoms with Gasteiger partial charge in [-0.3, -0.25) is 0 Å². The maximum atomic E-state index is 12.5. The molecule has 0 bridgehead atoms. The number of halogens is 3. The molecule has 0 N–H and O–H groups in total. The van der Waals surface area contributed by atoms with Crippen molar-refractivity contribution in [1.29, 1.82) is 0 Å². The molecule has 0 aromatic heterocycles. The van der Waals surface area contributed by atoms with Crippen LogP contribution in [0, 0.1) is 10.8 Å². The third-order valence-corrected chi connectivity index (χ3v) is 4.09. The molecular weight excluding hydrogens is 441 g/mol. The van der Waals surface area contributed by atoms with Gasteiger partial charge in [0.25, 0.3) is 0 Å². The van der Waals surface area contributed by atoms with Gasteiger partial charge in [-0.25, -0.2) is 0 Å². The van der Waals surface area contributed by atoms with E-state index in [2.05, 4.69) is 104 Å². The summed E-state index contributed by atoms with van der Waals surface area (Å²) in [6.07, 6.45) is -4.20. The lowest BCUT2D eigenvalue weighted by molar-refractivity contribution is -0.180. The second-order valence-electron chi connectivity index (χ2n) is 12.2. The van der Waals surface area contributed by atoms with Gasteiger partial charge in [0, 0.05) is 0 Å². The molecular formula is C32H45F3. The fourth-order valence-corrected chi connectivity index (χ4v) is 2.28. The summed E-state index contributed by atoms with van der Waals surface area (Å²) < 4.78 is 37.6. The van der Waals surface area contributed by atoms with Crippen LogP contribution in [0.15, 0.2) is 91.0 Å². The van der Waals surface area contributed by atoms with E-state index >= 15 is 0 Å². The molecule has 0 fully saturated rings. The molecule has 0 nitrogen and oxygen atoms in total. The lowest BCUT2D eigenvalue weighted by Crippen LogP contribution is -2.36. The average Bonchev–Trinajstić information content (AvgIpc) is 2.73. The Morgan fingerprint density at radius 2 is 0.629 bits per heavy atom.